The highest BCUT2D eigenvalue weighted by atomic mass is 19.1. The molecule has 3 nitrogen and oxygen atoms in total. The van der Waals surface area contributed by atoms with Gasteiger partial charge in [-0.15, -0.1) is 0 Å². The quantitative estimate of drug-likeness (QED) is 0.606. The fraction of sp³-hybridized carbons (Fsp3) is 0.458. The Kier molecular flexibility index (Phi) is 5.94. The van der Waals surface area contributed by atoms with Crippen molar-refractivity contribution in [1.29, 1.82) is 0 Å². The van der Waals surface area contributed by atoms with Gasteiger partial charge >= 0.3 is 0 Å². The minimum Gasteiger partial charge on any atom is -0.489 e. The van der Waals surface area contributed by atoms with Gasteiger partial charge < -0.3 is 9.64 Å². The zero-order valence-corrected chi connectivity index (χ0v) is 16.3. The van der Waals surface area contributed by atoms with Crippen LogP contribution in [0.1, 0.15) is 56.1 Å². The molecule has 0 radical (unpaired) electrons. The molecule has 0 bridgehead atoms. The van der Waals surface area contributed by atoms with E-state index >= 15 is 0 Å². The predicted molar refractivity (Wildman–Crippen MR) is 107 cm³/mol. The zero-order chi connectivity index (χ0) is 19.3. The topological polar surface area (TPSA) is 29.5 Å². The van der Waals surface area contributed by atoms with Crippen LogP contribution in [0.15, 0.2) is 48.5 Å². The Hall–Kier alpha value is -2.36. The molecule has 0 aliphatic heterocycles. The molecule has 0 aromatic heterocycles. The molecule has 28 heavy (non-hydrogen) atoms. The summed E-state index contributed by atoms with van der Waals surface area (Å²) in [6.45, 7) is 0.830. The van der Waals surface area contributed by atoms with Crippen LogP contribution in [0.2, 0.25) is 0 Å². The SMILES string of the molecule is O=C(CC1CCCC1)N(Cc1cccc(OCc2ccccc2F)c1)C1CC1. The Morgan fingerprint density at radius 3 is 2.57 bits per heavy atom. The summed E-state index contributed by atoms with van der Waals surface area (Å²) < 4.78 is 19.6. The van der Waals surface area contributed by atoms with Crippen LogP contribution in [-0.2, 0) is 17.9 Å². The van der Waals surface area contributed by atoms with Crippen LogP contribution in [-0.4, -0.2) is 16.8 Å². The molecule has 4 rings (SSSR count). The Labute approximate surface area is 166 Å². The number of nitrogens with zero attached hydrogens (tertiary/aromatic N) is 1. The fourth-order valence-electron chi connectivity index (χ4n) is 4.09. The number of halogens is 1. The number of ether oxygens (including phenoxy) is 1. The molecule has 2 aromatic rings. The van der Waals surface area contributed by atoms with Gasteiger partial charge in [0.1, 0.15) is 18.2 Å². The van der Waals surface area contributed by atoms with Gasteiger partial charge in [-0.25, -0.2) is 4.39 Å². The van der Waals surface area contributed by atoms with Crippen LogP contribution in [0, 0.1) is 11.7 Å². The summed E-state index contributed by atoms with van der Waals surface area (Å²) in [7, 11) is 0. The van der Waals surface area contributed by atoms with E-state index in [1.807, 2.05) is 30.3 Å². The lowest BCUT2D eigenvalue weighted by Crippen LogP contribution is -2.33. The number of carbonyl (C=O) groups is 1. The molecule has 0 unspecified atom stereocenters. The molecule has 2 aromatic carbocycles. The Morgan fingerprint density at radius 2 is 1.82 bits per heavy atom. The third-order valence-corrected chi connectivity index (χ3v) is 5.85. The molecule has 148 valence electrons. The molecule has 2 aliphatic carbocycles. The van der Waals surface area contributed by atoms with Crippen LogP contribution in [0.3, 0.4) is 0 Å². The van der Waals surface area contributed by atoms with Crippen molar-refractivity contribution in [3.8, 4) is 5.75 Å². The number of carbonyl (C=O) groups excluding carboxylic acids is 1. The minimum atomic E-state index is -0.254. The van der Waals surface area contributed by atoms with Crippen LogP contribution < -0.4 is 4.74 Å². The van der Waals surface area contributed by atoms with Crippen molar-refractivity contribution < 1.29 is 13.9 Å². The van der Waals surface area contributed by atoms with E-state index < -0.39 is 0 Å². The van der Waals surface area contributed by atoms with Gasteiger partial charge in [0.15, 0.2) is 0 Å². The summed E-state index contributed by atoms with van der Waals surface area (Å²) in [4.78, 5) is 14.9. The summed E-state index contributed by atoms with van der Waals surface area (Å²) >= 11 is 0. The van der Waals surface area contributed by atoms with E-state index in [1.54, 1.807) is 12.1 Å². The van der Waals surface area contributed by atoms with Gasteiger partial charge in [-0.1, -0.05) is 43.2 Å². The zero-order valence-electron chi connectivity index (χ0n) is 16.3. The van der Waals surface area contributed by atoms with Crippen molar-refractivity contribution in [1.82, 2.24) is 4.90 Å². The predicted octanol–water partition coefficient (Wildman–Crippen LogP) is 5.48. The molecule has 2 fully saturated rings. The summed E-state index contributed by atoms with van der Waals surface area (Å²) in [5, 5.41) is 0. The summed E-state index contributed by atoms with van der Waals surface area (Å²) in [5.74, 6) is 1.33. The van der Waals surface area contributed by atoms with Gasteiger partial charge in [0.2, 0.25) is 5.91 Å². The fourth-order valence-corrected chi connectivity index (χ4v) is 4.09. The highest BCUT2D eigenvalue weighted by Gasteiger charge is 2.33. The normalized spacial score (nSPS) is 16.9. The molecule has 0 atom stereocenters. The molecular weight excluding hydrogens is 353 g/mol. The lowest BCUT2D eigenvalue weighted by atomic mass is 10.0. The molecule has 0 saturated heterocycles. The van der Waals surface area contributed by atoms with E-state index in [0.29, 0.717) is 42.1 Å². The van der Waals surface area contributed by atoms with Crippen molar-refractivity contribution in [3.63, 3.8) is 0 Å². The van der Waals surface area contributed by atoms with Crippen molar-refractivity contribution in [2.24, 2.45) is 5.92 Å². The molecule has 2 saturated carbocycles. The first-order chi connectivity index (χ1) is 13.7. The molecule has 1 amide bonds. The number of hydrogen-bond acceptors (Lipinski definition) is 2. The standard InChI is InChI=1S/C24H28FNO2/c25-23-11-4-3-9-20(23)17-28-22-10-5-8-19(14-22)16-26(21-12-13-21)24(27)15-18-6-1-2-7-18/h3-5,8-11,14,18,21H,1-2,6-7,12-13,15-17H2. The van der Waals surface area contributed by atoms with Gasteiger partial charge in [0.05, 0.1) is 0 Å². The van der Waals surface area contributed by atoms with Crippen molar-refractivity contribution >= 4 is 5.91 Å². The summed E-state index contributed by atoms with van der Waals surface area (Å²) in [6.07, 6.45) is 7.85. The lowest BCUT2D eigenvalue weighted by Gasteiger charge is -2.24. The third-order valence-electron chi connectivity index (χ3n) is 5.85. The minimum absolute atomic E-state index is 0.197. The first-order valence-electron chi connectivity index (χ1n) is 10.4. The largest absolute Gasteiger partial charge is 0.489 e. The summed E-state index contributed by atoms with van der Waals surface area (Å²) in [5.41, 5.74) is 1.61. The van der Waals surface area contributed by atoms with Crippen molar-refractivity contribution in [2.75, 3.05) is 0 Å². The Bertz CT molecular complexity index is 812. The second-order valence-electron chi connectivity index (χ2n) is 8.13. The first kappa shape index (κ1) is 19.0. The van der Waals surface area contributed by atoms with Gasteiger partial charge in [0.25, 0.3) is 0 Å². The molecule has 0 N–H and O–H groups in total. The third kappa shape index (κ3) is 4.92. The van der Waals surface area contributed by atoms with E-state index in [9.17, 15) is 9.18 Å². The van der Waals surface area contributed by atoms with Crippen molar-refractivity contribution in [2.45, 2.75) is 64.1 Å². The van der Waals surface area contributed by atoms with E-state index in [4.69, 9.17) is 4.74 Å². The maximum atomic E-state index is 13.8. The number of benzene rings is 2. The average molecular weight is 381 g/mol. The lowest BCUT2D eigenvalue weighted by molar-refractivity contribution is -0.133. The molecular formula is C24H28FNO2. The average Bonchev–Trinajstić information content (AvgIpc) is 3.42. The second kappa shape index (κ2) is 8.76. The highest BCUT2D eigenvalue weighted by Crippen LogP contribution is 2.33. The van der Waals surface area contributed by atoms with Gasteiger partial charge in [-0.05, 0) is 55.4 Å². The van der Waals surface area contributed by atoms with Crippen LogP contribution in [0.25, 0.3) is 0 Å². The van der Waals surface area contributed by atoms with Gasteiger partial charge in [-0.3, -0.25) is 4.79 Å². The van der Waals surface area contributed by atoms with Crippen molar-refractivity contribution in [3.05, 3.63) is 65.5 Å². The van der Waals surface area contributed by atoms with E-state index in [1.165, 1.54) is 31.7 Å². The maximum absolute atomic E-state index is 13.8. The van der Waals surface area contributed by atoms with E-state index in [2.05, 4.69) is 4.90 Å². The maximum Gasteiger partial charge on any atom is 0.223 e. The number of rotatable bonds is 8. The Balaban J connectivity index is 1.38. The summed E-state index contributed by atoms with van der Waals surface area (Å²) in [6, 6.07) is 14.9. The van der Waals surface area contributed by atoms with Crippen LogP contribution >= 0.6 is 0 Å². The molecule has 2 aliphatic rings. The van der Waals surface area contributed by atoms with Crippen LogP contribution in [0.4, 0.5) is 4.39 Å². The van der Waals surface area contributed by atoms with Gasteiger partial charge in [0, 0.05) is 24.6 Å². The Morgan fingerprint density at radius 1 is 1.04 bits per heavy atom. The van der Waals surface area contributed by atoms with E-state index in [0.717, 1.165) is 18.4 Å². The number of hydrogen-bond donors (Lipinski definition) is 0. The second-order valence-corrected chi connectivity index (χ2v) is 8.13. The van der Waals surface area contributed by atoms with E-state index in [-0.39, 0.29) is 12.4 Å². The molecule has 4 heteroatoms. The number of amides is 1. The smallest absolute Gasteiger partial charge is 0.223 e. The molecule has 0 heterocycles. The van der Waals surface area contributed by atoms with Gasteiger partial charge in [-0.2, -0.15) is 0 Å². The molecule has 0 spiro atoms. The van der Waals surface area contributed by atoms with Crippen LogP contribution in [0.5, 0.6) is 5.75 Å². The highest BCUT2D eigenvalue weighted by molar-refractivity contribution is 5.77. The monoisotopic (exact) mass is 381 g/mol. The first-order valence-corrected chi connectivity index (χ1v) is 10.4.